The van der Waals surface area contributed by atoms with E-state index in [0.29, 0.717) is 19.0 Å². The van der Waals surface area contributed by atoms with Gasteiger partial charge < -0.3 is 20.0 Å². The van der Waals surface area contributed by atoms with Gasteiger partial charge in [0.25, 0.3) is 5.91 Å². The van der Waals surface area contributed by atoms with Crippen molar-refractivity contribution in [1.82, 2.24) is 25.3 Å². The normalized spacial score (nSPS) is 25.1. The topological polar surface area (TPSA) is 80.3 Å². The summed E-state index contributed by atoms with van der Waals surface area (Å²) in [6, 6.07) is -0.884. The second kappa shape index (κ2) is 7.65. The van der Waals surface area contributed by atoms with Gasteiger partial charge in [0, 0.05) is 20.1 Å². The van der Waals surface area contributed by atoms with Gasteiger partial charge in [-0.1, -0.05) is 26.0 Å². The highest BCUT2D eigenvalue weighted by Gasteiger charge is 2.49. The molecule has 2 N–H and O–H groups in total. The number of imide groups is 1. The zero-order valence-corrected chi connectivity index (χ0v) is 15.0. The molecule has 0 aliphatic carbocycles. The lowest BCUT2D eigenvalue weighted by Gasteiger charge is -2.35. The maximum absolute atomic E-state index is 12.3. The van der Waals surface area contributed by atoms with Gasteiger partial charge in [-0.25, -0.2) is 4.79 Å². The van der Waals surface area contributed by atoms with Gasteiger partial charge in [0.05, 0.1) is 6.54 Å². The zero-order valence-electron chi connectivity index (χ0n) is 15.0. The maximum atomic E-state index is 12.3. The smallest absolute Gasteiger partial charge is 0.325 e. The molecule has 2 unspecified atom stereocenters. The quantitative estimate of drug-likeness (QED) is 0.642. The van der Waals surface area contributed by atoms with Gasteiger partial charge in [0.1, 0.15) is 6.17 Å². The van der Waals surface area contributed by atoms with Crippen LogP contribution in [0.3, 0.4) is 0 Å². The predicted octanol–water partition coefficient (Wildman–Crippen LogP) is 0.0418. The summed E-state index contributed by atoms with van der Waals surface area (Å²) in [5, 5.41) is 5.62. The fourth-order valence-corrected chi connectivity index (χ4v) is 3.02. The number of carbonyl (C=O) groups is 2. The third kappa shape index (κ3) is 3.69. The number of hydrogen-bond acceptors (Lipinski definition) is 4. The van der Waals surface area contributed by atoms with Crippen LogP contribution in [0.15, 0.2) is 17.1 Å². The standard InChI is InChI=1S/C16H28N6O2/c1-6-21(7-2)9-8-17-15-18-13-12(22(15)10-11(3)4)14(23)19-16(24)20(13)5/h12-13H,3,6-10H2,1-2,4-5H3,(H,17,18)(H,19,23,24). The Kier molecular flexibility index (Phi) is 5.82. The highest BCUT2D eigenvalue weighted by Crippen LogP contribution is 2.21. The van der Waals surface area contributed by atoms with Crippen molar-refractivity contribution in [2.24, 2.45) is 4.99 Å². The molecule has 0 bridgehead atoms. The van der Waals surface area contributed by atoms with E-state index in [1.54, 1.807) is 7.05 Å². The number of urea groups is 1. The van der Waals surface area contributed by atoms with Crippen molar-refractivity contribution in [2.45, 2.75) is 33.0 Å². The molecule has 2 aliphatic heterocycles. The molecule has 0 aromatic heterocycles. The zero-order chi connectivity index (χ0) is 17.9. The second-order valence-corrected chi connectivity index (χ2v) is 6.26. The lowest BCUT2D eigenvalue weighted by atomic mass is 10.1. The van der Waals surface area contributed by atoms with E-state index in [-0.39, 0.29) is 5.91 Å². The van der Waals surface area contributed by atoms with Crippen LogP contribution >= 0.6 is 0 Å². The molecule has 2 heterocycles. The van der Waals surface area contributed by atoms with Crippen LogP contribution in [0, 0.1) is 0 Å². The molecule has 134 valence electrons. The van der Waals surface area contributed by atoms with Crippen molar-refractivity contribution in [3.63, 3.8) is 0 Å². The number of likely N-dealkylation sites (N-methyl/N-ethyl adjacent to an activating group) is 2. The Morgan fingerprint density at radius 3 is 2.58 bits per heavy atom. The molecule has 0 saturated carbocycles. The Labute approximate surface area is 143 Å². The summed E-state index contributed by atoms with van der Waals surface area (Å²) in [5.74, 6) is 0.350. The highest BCUT2D eigenvalue weighted by molar-refractivity contribution is 6.04. The van der Waals surface area contributed by atoms with E-state index in [1.165, 1.54) is 4.90 Å². The Morgan fingerprint density at radius 2 is 2.00 bits per heavy atom. The number of amides is 3. The monoisotopic (exact) mass is 336 g/mol. The molecule has 0 spiro atoms. The Hall–Kier alpha value is -2.09. The van der Waals surface area contributed by atoms with Crippen LogP contribution in [0.4, 0.5) is 4.79 Å². The number of carbonyl (C=O) groups excluding carboxylic acids is 2. The van der Waals surface area contributed by atoms with Crippen molar-refractivity contribution in [3.05, 3.63) is 12.2 Å². The van der Waals surface area contributed by atoms with E-state index in [4.69, 9.17) is 0 Å². The molecule has 2 rings (SSSR count). The van der Waals surface area contributed by atoms with Crippen LogP contribution in [0.25, 0.3) is 0 Å². The van der Waals surface area contributed by atoms with Crippen molar-refractivity contribution < 1.29 is 9.59 Å². The van der Waals surface area contributed by atoms with Crippen LogP contribution in [-0.4, -0.2) is 84.6 Å². The first-order valence-electron chi connectivity index (χ1n) is 8.41. The first kappa shape index (κ1) is 18.3. The summed E-state index contributed by atoms with van der Waals surface area (Å²) in [5.41, 5.74) is 0.932. The molecule has 2 aliphatic rings. The maximum Gasteiger partial charge on any atom is 0.325 e. The van der Waals surface area contributed by atoms with Crippen molar-refractivity contribution >= 4 is 17.9 Å². The van der Waals surface area contributed by atoms with Crippen LogP contribution in [0.2, 0.25) is 0 Å². The first-order valence-corrected chi connectivity index (χ1v) is 8.41. The molecule has 8 heteroatoms. The van der Waals surface area contributed by atoms with E-state index in [9.17, 15) is 9.59 Å². The van der Waals surface area contributed by atoms with Crippen LogP contribution in [-0.2, 0) is 4.79 Å². The minimum atomic E-state index is -0.489. The summed E-state index contributed by atoms with van der Waals surface area (Å²) in [7, 11) is 1.67. The van der Waals surface area contributed by atoms with Gasteiger partial charge in [-0.15, -0.1) is 0 Å². The van der Waals surface area contributed by atoms with Crippen molar-refractivity contribution in [2.75, 3.05) is 39.8 Å². The number of fused-ring (bicyclic) bond motifs is 1. The van der Waals surface area contributed by atoms with Gasteiger partial charge in [0.2, 0.25) is 0 Å². The molecular weight excluding hydrogens is 308 g/mol. The molecule has 0 aromatic rings. The highest BCUT2D eigenvalue weighted by atomic mass is 16.2. The average Bonchev–Trinajstić information content (AvgIpc) is 2.88. The minimum Gasteiger partial charge on any atom is -0.333 e. The van der Waals surface area contributed by atoms with Crippen molar-refractivity contribution in [1.29, 1.82) is 0 Å². The van der Waals surface area contributed by atoms with Gasteiger partial charge in [-0.05, 0) is 20.0 Å². The van der Waals surface area contributed by atoms with Crippen LogP contribution in [0.5, 0.6) is 0 Å². The summed E-state index contributed by atoms with van der Waals surface area (Å²) < 4.78 is 0. The fourth-order valence-electron chi connectivity index (χ4n) is 3.02. The fraction of sp³-hybridized carbons (Fsp3) is 0.688. The molecule has 2 fully saturated rings. The Morgan fingerprint density at radius 1 is 1.33 bits per heavy atom. The van der Waals surface area contributed by atoms with E-state index in [2.05, 4.69) is 41.0 Å². The second-order valence-electron chi connectivity index (χ2n) is 6.26. The molecule has 0 aromatic carbocycles. The molecule has 3 amide bonds. The molecule has 24 heavy (non-hydrogen) atoms. The molecule has 2 saturated heterocycles. The largest absolute Gasteiger partial charge is 0.333 e. The van der Waals surface area contributed by atoms with Crippen LogP contribution < -0.4 is 10.6 Å². The van der Waals surface area contributed by atoms with Gasteiger partial charge >= 0.3 is 6.03 Å². The van der Waals surface area contributed by atoms with Crippen LogP contribution in [0.1, 0.15) is 20.8 Å². The van der Waals surface area contributed by atoms with Gasteiger partial charge in [-0.2, -0.15) is 0 Å². The number of nitrogens with zero attached hydrogens (tertiary/aromatic N) is 4. The molecule has 8 nitrogen and oxygen atoms in total. The molecular formula is C16H28N6O2. The lowest BCUT2D eigenvalue weighted by Crippen LogP contribution is -2.64. The summed E-state index contributed by atoms with van der Waals surface area (Å²) in [6.07, 6.45) is -0.405. The minimum absolute atomic E-state index is 0.300. The first-order chi connectivity index (χ1) is 11.4. The Bertz CT molecular complexity index is 543. The number of hydrogen-bond donors (Lipinski definition) is 2. The number of rotatable bonds is 7. The van der Waals surface area contributed by atoms with Gasteiger partial charge in [-0.3, -0.25) is 15.1 Å². The number of nitrogens with one attached hydrogen (secondary N) is 2. The van der Waals surface area contributed by atoms with E-state index < -0.39 is 18.2 Å². The summed E-state index contributed by atoms with van der Waals surface area (Å²) >= 11 is 0. The SMILES string of the molecule is C=C(C)CN1C(=NCCN(CC)CC)NC2C1C(=O)NC(=O)N2C. The Balaban J connectivity index is 2.18. The predicted molar refractivity (Wildman–Crippen MR) is 93.6 cm³/mol. The number of aliphatic imine (C=N–C) groups is 1. The molecule has 2 atom stereocenters. The van der Waals surface area contributed by atoms with E-state index in [0.717, 1.165) is 25.2 Å². The van der Waals surface area contributed by atoms with E-state index in [1.807, 2.05) is 11.8 Å². The third-order valence-electron chi connectivity index (χ3n) is 4.43. The number of guanidine groups is 1. The lowest BCUT2D eigenvalue weighted by molar-refractivity contribution is -0.126. The van der Waals surface area contributed by atoms with Crippen molar-refractivity contribution in [3.8, 4) is 0 Å². The van der Waals surface area contributed by atoms with Gasteiger partial charge in [0.15, 0.2) is 12.0 Å². The third-order valence-corrected chi connectivity index (χ3v) is 4.43. The average molecular weight is 336 g/mol. The summed E-state index contributed by atoms with van der Waals surface area (Å²) in [6.45, 7) is 14.1. The van der Waals surface area contributed by atoms with E-state index >= 15 is 0 Å². The summed E-state index contributed by atoms with van der Waals surface area (Å²) in [4.78, 5) is 34.5. The molecule has 0 radical (unpaired) electrons.